The number of imidazole rings is 1. The van der Waals surface area contributed by atoms with Crippen molar-refractivity contribution in [2.75, 3.05) is 0 Å². The molecule has 0 aliphatic carbocycles. The quantitative estimate of drug-likeness (QED) is 0.430. The first kappa shape index (κ1) is 21.3. The summed E-state index contributed by atoms with van der Waals surface area (Å²) in [6.45, 7) is 6.15. The Hall–Kier alpha value is -3.93. The zero-order valence-corrected chi connectivity index (χ0v) is 18.2. The van der Waals surface area contributed by atoms with E-state index in [1.807, 2.05) is 67.8 Å². The van der Waals surface area contributed by atoms with Crippen LogP contribution in [0, 0.1) is 0 Å². The molecule has 1 aromatic heterocycles. The van der Waals surface area contributed by atoms with Gasteiger partial charge in [-0.15, -0.1) is 0 Å². The second-order valence-corrected chi connectivity index (χ2v) is 8.63. The number of carboxylic acid groups (broad SMARTS) is 1. The van der Waals surface area contributed by atoms with Gasteiger partial charge < -0.3 is 14.4 Å². The lowest BCUT2D eigenvalue weighted by Gasteiger charge is -2.20. The molecule has 0 atom stereocenters. The van der Waals surface area contributed by atoms with E-state index in [0.29, 0.717) is 17.6 Å². The largest absolute Gasteiger partial charge is 0.478 e. The summed E-state index contributed by atoms with van der Waals surface area (Å²) in [7, 11) is 0. The average Bonchev–Trinajstić information content (AvgIpc) is 3.15. The van der Waals surface area contributed by atoms with Gasteiger partial charge in [0.2, 0.25) is 0 Å². The molecule has 162 valence electrons. The van der Waals surface area contributed by atoms with Gasteiger partial charge in [-0.3, -0.25) is 0 Å². The van der Waals surface area contributed by atoms with Crippen LogP contribution in [-0.2, 0) is 11.3 Å². The summed E-state index contributed by atoms with van der Waals surface area (Å²) >= 11 is 0. The Balaban J connectivity index is 1.58. The van der Waals surface area contributed by atoms with Crippen LogP contribution in [0.3, 0.4) is 0 Å². The monoisotopic (exact) mass is 428 g/mol. The van der Waals surface area contributed by atoms with Gasteiger partial charge in [-0.1, -0.05) is 42.5 Å². The third kappa shape index (κ3) is 4.54. The molecule has 0 saturated heterocycles. The Morgan fingerprint density at radius 3 is 2.41 bits per heavy atom. The van der Waals surface area contributed by atoms with Crippen molar-refractivity contribution < 1.29 is 19.4 Å². The van der Waals surface area contributed by atoms with Crippen LogP contribution in [0.5, 0.6) is 0 Å². The van der Waals surface area contributed by atoms with E-state index in [2.05, 4.69) is 4.98 Å². The van der Waals surface area contributed by atoms with Gasteiger partial charge in [-0.2, -0.15) is 0 Å². The van der Waals surface area contributed by atoms with Gasteiger partial charge in [0.25, 0.3) is 0 Å². The molecule has 32 heavy (non-hydrogen) atoms. The van der Waals surface area contributed by atoms with Crippen molar-refractivity contribution in [3.05, 3.63) is 89.7 Å². The molecular formula is C26H24N2O4. The SMILES string of the molecule is CC(C)(C)OC(=O)c1ccccc1-c1ccc(Cn2cnc3cc(C(=O)O)ccc32)cc1. The van der Waals surface area contributed by atoms with E-state index in [4.69, 9.17) is 9.84 Å². The van der Waals surface area contributed by atoms with Crippen LogP contribution >= 0.6 is 0 Å². The van der Waals surface area contributed by atoms with Crippen molar-refractivity contribution in [1.82, 2.24) is 9.55 Å². The molecule has 1 heterocycles. The third-order valence-corrected chi connectivity index (χ3v) is 5.03. The minimum absolute atomic E-state index is 0.218. The first-order valence-electron chi connectivity index (χ1n) is 10.3. The lowest BCUT2D eigenvalue weighted by molar-refractivity contribution is 0.00702. The maximum atomic E-state index is 12.7. The molecule has 0 amide bonds. The predicted molar refractivity (Wildman–Crippen MR) is 123 cm³/mol. The number of fused-ring (bicyclic) bond motifs is 1. The van der Waals surface area contributed by atoms with Gasteiger partial charge in [0.15, 0.2) is 0 Å². The van der Waals surface area contributed by atoms with Crippen molar-refractivity contribution in [3.63, 3.8) is 0 Å². The average molecular weight is 428 g/mol. The summed E-state index contributed by atoms with van der Waals surface area (Å²) in [6.07, 6.45) is 1.71. The zero-order valence-electron chi connectivity index (χ0n) is 18.2. The number of nitrogens with zero attached hydrogens (tertiary/aromatic N) is 2. The predicted octanol–water partition coefficient (Wildman–Crippen LogP) is 5.41. The molecule has 6 nitrogen and oxygen atoms in total. The number of hydrogen-bond donors (Lipinski definition) is 1. The van der Waals surface area contributed by atoms with Crippen LogP contribution in [0.2, 0.25) is 0 Å². The maximum Gasteiger partial charge on any atom is 0.339 e. The fourth-order valence-electron chi connectivity index (χ4n) is 3.56. The minimum atomic E-state index is -0.969. The molecule has 3 aromatic carbocycles. The van der Waals surface area contributed by atoms with Gasteiger partial charge >= 0.3 is 11.9 Å². The Morgan fingerprint density at radius 2 is 1.72 bits per heavy atom. The highest BCUT2D eigenvalue weighted by atomic mass is 16.6. The number of aromatic carboxylic acids is 1. The van der Waals surface area contributed by atoms with E-state index in [1.54, 1.807) is 30.6 Å². The number of esters is 1. The van der Waals surface area contributed by atoms with E-state index in [0.717, 1.165) is 22.2 Å². The molecule has 0 radical (unpaired) electrons. The zero-order chi connectivity index (χ0) is 22.9. The smallest absolute Gasteiger partial charge is 0.339 e. The van der Waals surface area contributed by atoms with Gasteiger partial charge in [0.1, 0.15) is 5.60 Å². The second-order valence-electron chi connectivity index (χ2n) is 8.63. The molecule has 0 saturated carbocycles. The Labute approximate surface area is 186 Å². The molecule has 0 fully saturated rings. The standard InChI is InChI=1S/C26H24N2O4/c1-26(2,3)32-25(31)21-7-5-4-6-20(21)18-10-8-17(9-11-18)15-28-16-27-22-14-19(24(29)30)12-13-23(22)28/h4-14,16H,15H2,1-3H3,(H,29,30). The molecule has 0 aliphatic rings. The number of hydrogen-bond acceptors (Lipinski definition) is 4. The number of carbonyl (C=O) groups is 2. The number of rotatable bonds is 5. The highest BCUT2D eigenvalue weighted by Gasteiger charge is 2.20. The van der Waals surface area contributed by atoms with Crippen molar-refractivity contribution in [3.8, 4) is 11.1 Å². The fourth-order valence-corrected chi connectivity index (χ4v) is 3.56. The summed E-state index contributed by atoms with van der Waals surface area (Å²) < 4.78 is 7.53. The molecule has 0 aliphatic heterocycles. The van der Waals surface area contributed by atoms with Crippen LogP contribution in [0.25, 0.3) is 22.2 Å². The summed E-state index contributed by atoms with van der Waals surface area (Å²) in [5.41, 5.74) is 4.51. The molecule has 0 bridgehead atoms. The van der Waals surface area contributed by atoms with Crippen molar-refractivity contribution >= 4 is 23.0 Å². The van der Waals surface area contributed by atoms with Crippen molar-refractivity contribution in [2.24, 2.45) is 0 Å². The van der Waals surface area contributed by atoms with E-state index < -0.39 is 11.6 Å². The number of aromatic nitrogens is 2. The summed E-state index contributed by atoms with van der Waals surface area (Å²) in [4.78, 5) is 28.1. The highest BCUT2D eigenvalue weighted by molar-refractivity contribution is 5.97. The van der Waals surface area contributed by atoms with Crippen LogP contribution in [-0.4, -0.2) is 32.2 Å². The van der Waals surface area contributed by atoms with Crippen molar-refractivity contribution in [2.45, 2.75) is 32.9 Å². The van der Waals surface area contributed by atoms with Crippen molar-refractivity contribution in [1.29, 1.82) is 0 Å². The van der Waals surface area contributed by atoms with Gasteiger partial charge in [-0.25, -0.2) is 14.6 Å². The van der Waals surface area contributed by atoms with Gasteiger partial charge in [-0.05, 0) is 61.7 Å². The van der Waals surface area contributed by atoms with Crippen LogP contribution in [0.15, 0.2) is 73.1 Å². The lowest BCUT2D eigenvalue weighted by atomic mass is 9.98. The van der Waals surface area contributed by atoms with Crippen LogP contribution < -0.4 is 0 Å². The summed E-state index contributed by atoms with van der Waals surface area (Å²) in [5.74, 6) is -1.31. The summed E-state index contributed by atoms with van der Waals surface area (Å²) in [5, 5.41) is 9.15. The summed E-state index contributed by atoms with van der Waals surface area (Å²) in [6, 6.07) is 20.4. The van der Waals surface area contributed by atoms with E-state index >= 15 is 0 Å². The number of ether oxygens (including phenoxy) is 1. The molecule has 6 heteroatoms. The second kappa shape index (κ2) is 8.30. The first-order valence-corrected chi connectivity index (χ1v) is 10.3. The van der Waals surface area contributed by atoms with Crippen LogP contribution in [0.4, 0.5) is 0 Å². The normalized spacial score (nSPS) is 11.5. The van der Waals surface area contributed by atoms with E-state index in [1.165, 1.54) is 0 Å². The number of benzene rings is 3. The number of carbonyl (C=O) groups excluding carboxylic acids is 1. The Kier molecular flexibility index (Phi) is 5.53. The topological polar surface area (TPSA) is 81.4 Å². The van der Waals surface area contributed by atoms with Gasteiger partial charge in [0, 0.05) is 6.54 Å². The molecule has 4 aromatic rings. The lowest BCUT2D eigenvalue weighted by Crippen LogP contribution is -2.24. The molecule has 0 spiro atoms. The Morgan fingerprint density at radius 1 is 1.00 bits per heavy atom. The highest BCUT2D eigenvalue weighted by Crippen LogP contribution is 2.26. The maximum absolute atomic E-state index is 12.7. The molecule has 0 unspecified atom stereocenters. The Bertz CT molecular complexity index is 1300. The minimum Gasteiger partial charge on any atom is -0.478 e. The van der Waals surface area contributed by atoms with E-state index in [9.17, 15) is 9.59 Å². The molecule has 4 rings (SSSR count). The van der Waals surface area contributed by atoms with Crippen LogP contribution in [0.1, 0.15) is 47.1 Å². The van der Waals surface area contributed by atoms with Gasteiger partial charge in [0.05, 0.1) is 28.5 Å². The van der Waals surface area contributed by atoms with E-state index in [-0.39, 0.29) is 11.5 Å². The first-order chi connectivity index (χ1) is 15.2. The fraction of sp³-hybridized carbons (Fsp3) is 0.192. The number of carboxylic acids is 1. The third-order valence-electron chi connectivity index (χ3n) is 5.03. The molecular weight excluding hydrogens is 404 g/mol. The molecule has 1 N–H and O–H groups in total.